The Morgan fingerprint density at radius 2 is 1.93 bits per heavy atom. The molecule has 82 valence electrons. The number of alkyl halides is 1. The number of halogens is 1. The Kier molecular flexibility index (Phi) is 3.87. The lowest BCUT2D eigenvalue weighted by Gasteiger charge is -2.02. The number of sulfone groups is 1. The molecular formula is C9H10BrNO3S. The van der Waals surface area contributed by atoms with Gasteiger partial charge in [-0.15, -0.1) is 0 Å². The average molecular weight is 292 g/mol. The lowest BCUT2D eigenvalue weighted by Crippen LogP contribution is -2.03. The van der Waals surface area contributed by atoms with E-state index in [1.807, 2.05) is 0 Å². The summed E-state index contributed by atoms with van der Waals surface area (Å²) in [7, 11) is -3.17. The Morgan fingerprint density at radius 1 is 1.40 bits per heavy atom. The number of benzene rings is 1. The van der Waals surface area contributed by atoms with Crippen molar-refractivity contribution in [1.82, 2.24) is 0 Å². The van der Waals surface area contributed by atoms with Gasteiger partial charge in [0.15, 0.2) is 9.84 Å². The number of rotatable bonds is 3. The SMILES string of the molecule is CS(=O)(=O)c1ccc(C(CBr)=NO)cc1. The maximum absolute atomic E-state index is 11.2. The van der Waals surface area contributed by atoms with E-state index in [1.165, 1.54) is 12.1 Å². The molecule has 1 aromatic rings. The molecule has 1 aromatic carbocycles. The second kappa shape index (κ2) is 4.76. The Morgan fingerprint density at radius 3 is 2.27 bits per heavy atom. The summed E-state index contributed by atoms with van der Waals surface area (Å²) >= 11 is 3.16. The van der Waals surface area contributed by atoms with Crippen molar-refractivity contribution in [3.05, 3.63) is 29.8 Å². The molecule has 0 heterocycles. The number of oxime groups is 1. The normalized spacial score (nSPS) is 12.8. The van der Waals surface area contributed by atoms with E-state index in [0.29, 0.717) is 16.6 Å². The van der Waals surface area contributed by atoms with E-state index in [-0.39, 0.29) is 4.90 Å². The molecule has 0 saturated carbocycles. The van der Waals surface area contributed by atoms with Crippen molar-refractivity contribution in [3.8, 4) is 0 Å². The first-order chi connectivity index (χ1) is 6.99. The van der Waals surface area contributed by atoms with Gasteiger partial charge in [-0.3, -0.25) is 0 Å². The minimum Gasteiger partial charge on any atom is -0.411 e. The lowest BCUT2D eigenvalue weighted by molar-refractivity contribution is 0.319. The fraction of sp³-hybridized carbons (Fsp3) is 0.222. The molecule has 0 aliphatic carbocycles. The van der Waals surface area contributed by atoms with Crippen molar-refractivity contribution in [3.63, 3.8) is 0 Å². The zero-order chi connectivity index (χ0) is 11.5. The molecule has 0 bridgehead atoms. The van der Waals surface area contributed by atoms with Crippen LogP contribution in [0.5, 0.6) is 0 Å². The number of hydrogen-bond donors (Lipinski definition) is 1. The van der Waals surface area contributed by atoms with Gasteiger partial charge in [0.1, 0.15) is 0 Å². The summed E-state index contributed by atoms with van der Waals surface area (Å²) in [5.41, 5.74) is 1.14. The topological polar surface area (TPSA) is 66.7 Å². The third kappa shape index (κ3) is 3.04. The Labute approximate surface area is 96.7 Å². The van der Waals surface area contributed by atoms with Gasteiger partial charge in [-0.25, -0.2) is 8.42 Å². The van der Waals surface area contributed by atoms with Gasteiger partial charge in [-0.1, -0.05) is 33.2 Å². The molecule has 15 heavy (non-hydrogen) atoms. The highest BCUT2D eigenvalue weighted by Gasteiger charge is 2.08. The molecule has 0 amide bonds. The van der Waals surface area contributed by atoms with Crippen LogP contribution in [0.3, 0.4) is 0 Å². The first kappa shape index (κ1) is 12.2. The van der Waals surface area contributed by atoms with Gasteiger partial charge >= 0.3 is 0 Å². The summed E-state index contributed by atoms with van der Waals surface area (Å²) in [6.07, 6.45) is 1.15. The molecule has 4 nitrogen and oxygen atoms in total. The van der Waals surface area contributed by atoms with Gasteiger partial charge in [0.2, 0.25) is 0 Å². The van der Waals surface area contributed by atoms with Crippen LogP contribution in [0, 0.1) is 0 Å². The molecule has 0 fully saturated rings. The molecule has 0 atom stereocenters. The van der Waals surface area contributed by atoms with Gasteiger partial charge < -0.3 is 5.21 Å². The molecule has 0 aromatic heterocycles. The summed E-state index contributed by atoms with van der Waals surface area (Å²) in [5, 5.41) is 12.1. The highest BCUT2D eigenvalue weighted by atomic mass is 79.9. The lowest BCUT2D eigenvalue weighted by atomic mass is 10.1. The number of nitrogens with zero attached hydrogens (tertiary/aromatic N) is 1. The van der Waals surface area contributed by atoms with E-state index in [0.717, 1.165) is 6.26 Å². The van der Waals surface area contributed by atoms with Gasteiger partial charge in [0.25, 0.3) is 0 Å². The maximum atomic E-state index is 11.2. The minimum atomic E-state index is -3.17. The van der Waals surface area contributed by atoms with E-state index in [4.69, 9.17) is 5.21 Å². The fourth-order valence-corrected chi connectivity index (χ4v) is 2.12. The second-order valence-electron chi connectivity index (χ2n) is 2.98. The van der Waals surface area contributed by atoms with E-state index in [1.54, 1.807) is 12.1 Å². The first-order valence-electron chi connectivity index (χ1n) is 4.06. The van der Waals surface area contributed by atoms with Crippen LogP contribution in [-0.2, 0) is 9.84 Å². The number of hydrogen-bond acceptors (Lipinski definition) is 4. The monoisotopic (exact) mass is 291 g/mol. The molecule has 0 unspecified atom stereocenters. The highest BCUT2D eigenvalue weighted by Crippen LogP contribution is 2.11. The van der Waals surface area contributed by atoms with Crippen molar-refractivity contribution >= 4 is 31.5 Å². The summed E-state index contributed by atoms with van der Waals surface area (Å²) in [4.78, 5) is 0.248. The van der Waals surface area contributed by atoms with Crippen LogP contribution in [0.2, 0.25) is 0 Å². The minimum absolute atomic E-state index is 0.248. The smallest absolute Gasteiger partial charge is 0.175 e. The van der Waals surface area contributed by atoms with Crippen molar-refractivity contribution in [1.29, 1.82) is 0 Å². The Balaban J connectivity index is 3.11. The third-order valence-corrected chi connectivity index (χ3v) is 3.52. The van der Waals surface area contributed by atoms with E-state index < -0.39 is 9.84 Å². The largest absolute Gasteiger partial charge is 0.411 e. The van der Waals surface area contributed by atoms with Gasteiger partial charge in [-0.05, 0) is 12.1 Å². The third-order valence-electron chi connectivity index (χ3n) is 1.86. The van der Waals surface area contributed by atoms with Crippen LogP contribution in [0.25, 0.3) is 0 Å². The molecule has 0 radical (unpaired) electrons. The molecule has 0 spiro atoms. The standard InChI is InChI=1S/C9H10BrNO3S/c1-15(13,14)8-4-2-7(3-5-8)9(6-10)11-12/h2-5,12H,6H2,1H3. The van der Waals surface area contributed by atoms with Crippen molar-refractivity contribution in [2.75, 3.05) is 11.6 Å². The van der Waals surface area contributed by atoms with Crippen LogP contribution in [-0.4, -0.2) is 30.9 Å². The molecule has 0 aliphatic heterocycles. The summed E-state index contributed by atoms with van der Waals surface area (Å²) in [6.45, 7) is 0. The van der Waals surface area contributed by atoms with E-state index >= 15 is 0 Å². The quantitative estimate of drug-likeness (QED) is 0.399. The van der Waals surface area contributed by atoms with Crippen LogP contribution in [0.4, 0.5) is 0 Å². The predicted octanol–water partition coefficient (Wildman–Crippen LogP) is 1.66. The van der Waals surface area contributed by atoms with Gasteiger partial charge in [0.05, 0.1) is 10.6 Å². The summed E-state index contributed by atoms with van der Waals surface area (Å²) in [6, 6.07) is 6.18. The zero-order valence-electron chi connectivity index (χ0n) is 8.01. The van der Waals surface area contributed by atoms with Crippen molar-refractivity contribution < 1.29 is 13.6 Å². The summed E-state index contributed by atoms with van der Waals surface area (Å²) in [5.74, 6) is 0. The zero-order valence-corrected chi connectivity index (χ0v) is 10.4. The Bertz CT molecular complexity index is 465. The van der Waals surface area contributed by atoms with E-state index in [2.05, 4.69) is 21.1 Å². The van der Waals surface area contributed by atoms with Crippen LogP contribution in [0.15, 0.2) is 34.3 Å². The fourth-order valence-electron chi connectivity index (χ4n) is 1.06. The van der Waals surface area contributed by atoms with Gasteiger partial charge in [-0.2, -0.15) is 0 Å². The van der Waals surface area contributed by atoms with Crippen LogP contribution >= 0.6 is 15.9 Å². The van der Waals surface area contributed by atoms with Gasteiger partial charge in [0, 0.05) is 17.1 Å². The first-order valence-corrected chi connectivity index (χ1v) is 7.07. The highest BCUT2D eigenvalue weighted by molar-refractivity contribution is 9.09. The van der Waals surface area contributed by atoms with Crippen LogP contribution in [0.1, 0.15) is 5.56 Å². The van der Waals surface area contributed by atoms with Crippen molar-refractivity contribution in [2.45, 2.75) is 4.90 Å². The van der Waals surface area contributed by atoms with E-state index in [9.17, 15) is 8.42 Å². The molecule has 6 heteroatoms. The maximum Gasteiger partial charge on any atom is 0.175 e. The van der Waals surface area contributed by atoms with Crippen LogP contribution < -0.4 is 0 Å². The second-order valence-corrected chi connectivity index (χ2v) is 5.55. The summed E-state index contributed by atoms with van der Waals surface area (Å²) < 4.78 is 22.3. The van der Waals surface area contributed by atoms with Crippen molar-refractivity contribution in [2.24, 2.45) is 5.16 Å². The molecular weight excluding hydrogens is 282 g/mol. The molecule has 1 rings (SSSR count). The predicted molar refractivity (Wildman–Crippen MR) is 61.7 cm³/mol. The molecule has 1 N–H and O–H groups in total. The molecule has 0 aliphatic rings. The molecule has 0 saturated heterocycles. The Hall–Kier alpha value is -0.880. The average Bonchev–Trinajstić information content (AvgIpc) is 2.19.